The summed E-state index contributed by atoms with van der Waals surface area (Å²) in [5.74, 6) is -0.895. The highest BCUT2D eigenvalue weighted by atomic mass is 31.2. The van der Waals surface area contributed by atoms with Crippen molar-refractivity contribution in [1.82, 2.24) is 0 Å². The van der Waals surface area contributed by atoms with Crippen LogP contribution >= 0.6 is 7.82 Å². The number of esters is 2. The molecule has 10 heteroatoms. The maximum Gasteiger partial charge on any atom is 0.472 e. The van der Waals surface area contributed by atoms with Crippen molar-refractivity contribution in [2.24, 2.45) is 5.73 Å². The van der Waals surface area contributed by atoms with Crippen molar-refractivity contribution < 1.29 is 37.6 Å². The number of phosphoric ester groups is 1. The minimum Gasteiger partial charge on any atom is -0.462 e. The van der Waals surface area contributed by atoms with Crippen molar-refractivity contribution in [3.8, 4) is 0 Å². The predicted octanol–water partition coefficient (Wildman–Crippen LogP) is 11.7. The monoisotopic (exact) mass is 766 g/mol. The van der Waals surface area contributed by atoms with Crippen LogP contribution in [0.2, 0.25) is 0 Å². The average molecular weight is 766 g/mol. The molecule has 0 fully saturated rings. The molecule has 0 aromatic rings. The number of allylic oxidation sites excluding steroid dienone is 10. The van der Waals surface area contributed by atoms with Crippen LogP contribution in [0.25, 0.3) is 0 Å². The number of hydrogen-bond donors (Lipinski definition) is 2. The lowest BCUT2D eigenvalue weighted by Crippen LogP contribution is -2.29. The van der Waals surface area contributed by atoms with Gasteiger partial charge in [0.05, 0.1) is 13.2 Å². The van der Waals surface area contributed by atoms with E-state index in [4.69, 9.17) is 24.3 Å². The first kappa shape index (κ1) is 50.7. The minimum absolute atomic E-state index is 0.0430. The van der Waals surface area contributed by atoms with Gasteiger partial charge >= 0.3 is 19.8 Å². The molecule has 0 amide bonds. The Morgan fingerprint density at radius 3 is 1.58 bits per heavy atom. The van der Waals surface area contributed by atoms with Crippen molar-refractivity contribution in [1.29, 1.82) is 0 Å². The average Bonchev–Trinajstić information content (AvgIpc) is 3.14. The number of hydrogen-bond acceptors (Lipinski definition) is 8. The van der Waals surface area contributed by atoms with Gasteiger partial charge in [0.15, 0.2) is 6.10 Å². The molecule has 0 aromatic heterocycles. The summed E-state index contributed by atoms with van der Waals surface area (Å²) in [6.07, 6.45) is 45.4. The van der Waals surface area contributed by atoms with Crippen molar-refractivity contribution in [3.63, 3.8) is 0 Å². The molecule has 0 heterocycles. The molecular formula is C43H76NO8P. The number of rotatable bonds is 38. The number of phosphoric acid groups is 1. The molecule has 0 bridgehead atoms. The Hall–Kier alpha value is -2.29. The molecule has 0 aliphatic carbocycles. The number of nitrogens with two attached hydrogens (primary N) is 1. The van der Waals surface area contributed by atoms with Gasteiger partial charge in [0, 0.05) is 19.4 Å². The fourth-order valence-corrected chi connectivity index (χ4v) is 6.03. The van der Waals surface area contributed by atoms with E-state index in [0.717, 1.165) is 64.2 Å². The summed E-state index contributed by atoms with van der Waals surface area (Å²) < 4.78 is 32.7. The lowest BCUT2D eigenvalue weighted by atomic mass is 10.1. The van der Waals surface area contributed by atoms with Crippen molar-refractivity contribution in [2.75, 3.05) is 26.4 Å². The van der Waals surface area contributed by atoms with Gasteiger partial charge in [-0.2, -0.15) is 0 Å². The molecule has 9 nitrogen and oxygen atoms in total. The molecule has 0 aromatic carbocycles. The molecular weight excluding hydrogens is 689 g/mol. The third-order valence-electron chi connectivity index (χ3n) is 8.36. The van der Waals surface area contributed by atoms with Crippen LogP contribution in [-0.4, -0.2) is 49.3 Å². The highest BCUT2D eigenvalue weighted by Gasteiger charge is 2.25. The summed E-state index contributed by atoms with van der Waals surface area (Å²) in [4.78, 5) is 34.8. The first-order valence-electron chi connectivity index (χ1n) is 20.8. The van der Waals surface area contributed by atoms with Gasteiger partial charge in [0.25, 0.3) is 0 Å². The number of carbonyl (C=O) groups is 2. The van der Waals surface area contributed by atoms with Gasteiger partial charge in [0.2, 0.25) is 0 Å². The molecule has 0 saturated heterocycles. The Morgan fingerprint density at radius 2 is 1.02 bits per heavy atom. The molecule has 1 unspecified atom stereocenters. The Bertz CT molecular complexity index is 1050. The summed E-state index contributed by atoms with van der Waals surface area (Å²) in [7, 11) is -4.39. The van der Waals surface area contributed by atoms with E-state index in [2.05, 4.69) is 74.6 Å². The van der Waals surface area contributed by atoms with Crippen molar-refractivity contribution in [3.05, 3.63) is 60.8 Å². The highest BCUT2D eigenvalue weighted by molar-refractivity contribution is 7.47. The van der Waals surface area contributed by atoms with Gasteiger partial charge < -0.3 is 20.1 Å². The zero-order valence-corrected chi connectivity index (χ0v) is 34.4. The highest BCUT2D eigenvalue weighted by Crippen LogP contribution is 2.43. The van der Waals surface area contributed by atoms with Crippen LogP contribution in [0.4, 0.5) is 0 Å². The van der Waals surface area contributed by atoms with E-state index in [9.17, 15) is 19.0 Å². The Kier molecular flexibility index (Phi) is 37.7. The van der Waals surface area contributed by atoms with Gasteiger partial charge in [-0.05, 0) is 77.0 Å². The Morgan fingerprint density at radius 1 is 0.566 bits per heavy atom. The molecule has 0 aliphatic rings. The van der Waals surface area contributed by atoms with Gasteiger partial charge in [-0.1, -0.05) is 139 Å². The molecule has 3 N–H and O–H groups in total. The van der Waals surface area contributed by atoms with E-state index in [1.165, 1.54) is 64.2 Å². The summed E-state index contributed by atoms with van der Waals surface area (Å²) in [6.45, 7) is 3.59. The second-order valence-corrected chi connectivity index (χ2v) is 14.9. The van der Waals surface area contributed by atoms with Crippen LogP contribution < -0.4 is 5.73 Å². The molecule has 53 heavy (non-hydrogen) atoms. The van der Waals surface area contributed by atoms with Crippen LogP contribution in [0.5, 0.6) is 0 Å². The Labute approximate surface area is 323 Å². The summed E-state index contributed by atoms with van der Waals surface area (Å²) >= 11 is 0. The first-order chi connectivity index (χ1) is 25.8. The molecule has 0 radical (unpaired) electrons. The maximum absolute atomic E-state index is 12.6. The number of carbonyl (C=O) groups excluding carboxylic acids is 2. The number of ether oxygens (including phenoxy) is 2. The SMILES string of the molecule is CCC/C=C/C/C=C/C/C=C/C/C=C/CCCCCC(=O)O[C@H](COC(=O)CCCC/C=C/CCCCCCCCCCC)COP(=O)(O)OCCN. The fourth-order valence-electron chi connectivity index (χ4n) is 5.27. The molecule has 0 saturated carbocycles. The summed E-state index contributed by atoms with van der Waals surface area (Å²) in [5.41, 5.74) is 5.34. The van der Waals surface area contributed by atoms with E-state index < -0.39 is 32.5 Å². The van der Waals surface area contributed by atoms with E-state index in [1.54, 1.807) is 0 Å². The second kappa shape index (κ2) is 39.4. The molecule has 2 atom stereocenters. The topological polar surface area (TPSA) is 134 Å². The van der Waals surface area contributed by atoms with Gasteiger partial charge in [0.1, 0.15) is 6.61 Å². The predicted molar refractivity (Wildman–Crippen MR) is 219 cm³/mol. The van der Waals surface area contributed by atoms with E-state index in [1.807, 2.05) is 0 Å². The number of unbranched alkanes of at least 4 members (excludes halogenated alkanes) is 15. The quantitative estimate of drug-likeness (QED) is 0.0272. The second-order valence-electron chi connectivity index (χ2n) is 13.5. The summed E-state index contributed by atoms with van der Waals surface area (Å²) in [5, 5.41) is 0. The van der Waals surface area contributed by atoms with Crippen LogP contribution in [-0.2, 0) is 32.7 Å². The summed E-state index contributed by atoms with van der Waals surface area (Å²) in [6, 6.07) is 0. The standard InChI is InChI=1S/C43H76NO8P/c1-3-5-7-9-11-13-15-17-19-20-22-24-26-28-30-32-34-36-43(46)52-41(40-51-53(47,48)50-38-37-44)39-49-42(45)35-33-31-29-27-25-23-21-18-16-14-12-10-8-6-4-2/h7,9,13,15,19-20,24-27,41H,3-6,8,10-12,14,16-18,21-23,28-40,44H2,1-2H3,(H,47,48)/b9-7+,15-13+,20-19+,26-24+,27-25+/t41-/m1/s1. The van der Waals surface area contributed by atoms with Crippen molar-refractivity contribution in [2.45, 2.75) is 174 Å². The van der Waals surface area contributed by atoms with Gasteiger partial charge in [-0.25, -0.2) is 4.57 Å². The first-order valence-corrected chi connectivity index (χ1v) is 22.3. The van der Waals surface area contributed by atoms with Crippen LogP contribution in [0, 0.1) is 0 Å². The third-order valence-corrected chi connectivity index (χ3v) is 9.34. The van der Waals surface area contributed by atoms with E-state index in [-0.39, 0.29) is 32.6 Å². The van der Waals surface area contributed by atoms with Crippen LogP contribution in [0.3, 0.4) is 0 Å². The third kappa shape index (κ3) is 39.2. The molecule has 0 rings (SSSR count). The van der Waals surface area contributed by atoms with E-state index >= 15 is 0 Å². The smallest absolute Gasteiger partial charge is 0.462 e. The fraction of sp³-hybridized carbons (Fsp3) is 0.721. The lowest BCUT2D eigenvalue weighted by Gasteiger charge is -2.19. The van der Waals surface area contributed by atoms with Crippen LogP contribution in [0.1, 0.15) is 168 Å². The zero-order valence-electron chi connectivity index (χ0n) is 33.5. The minimum atomic E-state index is -4.39. The zero-order chi connectivity index (χ0) is 38.9. The van der Waals surface area contributed by atoms with Gasteiger partial charge in [-0.15, -0.1) is 0 Å². The molecule has 0 spiro atoms. The van der Waals surface area contributed by atoms with Crippen molar-refractivity contribution >= 4 is 19.8 Å². The molecule has 306 valence electrons. The molecule has 0 aliphatic heterocycles. The largest absolute Gasteiger partial charge is 0.472 e. The van der Waals surface area contributed by atoms with E-state index in [0.29, 0.717) is 12.8 Å². The lowest BCUT2D eigenvalue weighted by molar-refractivity contribution is -0.161. The normalized spacial score (nSPS) is 14.0. The Balaban J connectivity index is 4.28. The maximum atomic E-state index is 12.6. The van der Waals surface area contributed by atoms with Gasteiger partial charge in [-0.3, -0.25) is 18.6 Å². The van der Waals surface area contributed by atoms with Crippen LogP contribution in [0.15, 0.2) is 60.8 Å².